The number of hydrogen-bond donors (Lipinski definition) is 2. The summed E-state index contributed by atoms with van der Waals surface area (Å²) in [6.45, 7) is -0.165. The van der Waals surface area contributed by atoms with Crippen molar-refractivity contribution in [1.82, 2.24) is 0 Å². The van der Waals surface area contributed by atoms with Gasteiger partial charge in [0.25, 0.3) is 5.91 Å². The van der Waals surface area contributed by atoms with Gasteiger partial charge >= 0.3 is 0 Å². The minimum absolute atomic E-state index is 0.165. The predicted octanol–water partition coefficient (Wildman–Crippen LogP) is -0.135. The zero-order valence-electron chi connectivity index (χ0n) is 7.51. The monoisotopic (exact) mass is 193 g/mol. The summed E-state index contributed by atoms with van der Waals surface area (Å²) in [7, 11) is 0. The second-order valence-corrected chi connectivity index (χ2v) is 2.53. The van der Waals surface area contributed by atoms with E-state index < -0.39 is 5.91 Å². The molecule has 4 N–H and O–H groups in total. The first-order valence-corrected chi connectivity index (χ1v) is 3.99. The fourth-order valence-electron chi connectivity index (χ4n) is 0.838. The SMILES string of the molecule is NC(N)=NC(=O)COc1ccccc1. The van der Waals surface area contributed by atoms with E-state index in [-0.39, 0.29) is 12.6 Å². The van der Waals surface area contributed by atoms with Crippen molar-refractivity contribution >= 4 is 11.9 Å². The highest BCUT2D eigenvalue weighted by molar-refractivity contribution is 5.92. The fourth-order valence-corrected chi connectivity index (χ4v) is 0.838. The quantitative estimate of drug-likeness (QED) is 0.516. The number of nitrogens with zero attached hydrogens (tertiary/aromatic N) is 1. The van der Waals surface area contributed by atoms with Gasteiger partial charge in [-0.15, -0.1) is 0 Å². The molecule has 14 heavy (non-hydrogen) atoms. The lowest BCUT2D eigenvalue weighted by Gasteiger charge is -2.01. The molecule has 1 amide bonds. The molecule has 0 unspecified atom stereocenters. The Morgan fingerprint density at radius 2 is 1.93 bits per heavy atom. The van der Waals surface area contributed by atoms with Crippen LogP contribution in [0.3, 0.4) is 0 Å². The van der Waals surface area contributed by atoms with E-state index in [0.717, 1.165) is 0 Å². The molecule has 0 radical (unpaired) electrons. The van der Waals surface area contributed by atoms with Gasteiger partial charge in [-0.3, -0.25) is 4.79 Å². The number of nitrogens with two attached hydrogens (primary N) is 2. The fraction of sp³-hybridized carbons (Fsp3) is 0.111. The third-order valence-corrected chi connectivity index (χ3v) is 1.36. The van der Waals surface area contributed by atoms with E-state index in [1.54, 1.807) is 24.3 Å². The van der Waals surface area contributed by atoms with Crippen LogP contribution in [-0.4, -0.2) is 18.5 Å². The Morgan fingerprint density at radius 3 is 2.50 bits per heavy atom. The molecule has 1 rings (SSSR count). The largest absolute Gasteiger partial charge is 0.484 e. The summed E-state index contributed by atoms with van der Waals surface area (Å²) in [5.41, 5.74) is 10.0. The molecule has 5 heteroatoms. The number of carbonyl (C=O) groups excluding carboxylic acids is 1. The van der Waals surface area contributed by atoms with Gasteiger partial charge in [-0.25, -0.2) is 0 Å². The molecule has 1 aromatic carbocycles. The smallest absolute Gasteiger partial charge is 0.286 e. The first-order valence-electron chi connectivity index (χ1n) is 3.99. The molecule has 0 saturated heterocycles. The van der Waals surface area contributed by atoms with Crippen LogP contribution < -0.4 is 16.2 Å². The van der Waals surface area contributed by atoms with Gasteiger partial charge in [0.1, 0.15) is 5.75 Å². The Labute approximate surface area is 81.4 Å². The molecule has 0 saturated carbocycles. The molecule has 0 heterocycles. The maximum absolute atomic E-state index is 11.0. The van der Waals surface area contributed by atoms with Crippen LogP contribution in [0, 0.1) is 0 Å². The van der Waals surface area contributed by atoms with E-state index >= 15 is 0 Å². The highest BCUT2D eigenvalue weighted by Crippen LogP contribution is 2.07. The molecule has 0 bridgehead atoms. The maximum Gasteiger partial charge on any atom is 0.286 e. The molecule has 5 nitrogen and oxygen atoms in total. The molecule has 1 aromatic rings. The van der Waals surface area contributed by atoms with Crippen molar-refractivity contribution in [3.63, 3.8) is 0 Å². The summed E-state index contributed by atoms with van der Waals surface area (Å²) < 4.78 is 5.10. The number of aliphatic imine (C=N–C) groups is 1. The minimum Gasteiger partial charge on any atom is -0.484 e. The van der Waals surface area contributed by atoms with Crippen LogP contribution >= 0.6 is 0 Å². The summed E-state index contributed by atoms with van der Waals surface area (Å²) >= 11 is 0. The minimum atomic E-state index is -0.506. The second-order valence-electron chi connectivity index (χ2n) is 2.53. The Morgan fingerprint density at radius 1 is 1.29 bits per heavy atom. The summed E-state index contributed by atoms with van der Waals surface area (Å²) in [5.74, 6) is -0.160. The first kappa shape index (κ1) is 10.0. The standard InChI is InChI=1S/C9H11N3O2/c10-9(11)12-8(13)6-14-7-4-2-1-3-5-7/h1-5H,6H2,(H4,10,11,12,13). The van der Waals surface area contributed by atoms with Crippen molar-refractivity contribution < 1.29 is 9.53 Å². The van der Waals surface area contributed by atoms with E-state index in [1.807, 2.05) is 6.07 Å². The molecule has 0 spiro atoms. The van der Waals surface area contributed by atoms with Crippen molar-refractivity contribution in [2.45, 2.75) is 0 Å². The van der Waals surface area contributed by atoms with Gasteiger partial charge in [-0.05, 0) is 12.1 Å². The molecule has 0 aliphatic carbocycles. The Balaban J connectivity index is 2.42. The lowest BCUT2D eigenvalue weighted by Crippen LogP contribution is -2.25. The zero-order chi connectivity index (χ0) is 10.4. The zero-order valence-corrected chi connectivity index (χ0v) is 7.51. The third-order valence-electron chi connectivity index (χ3n) is 1.36. The molecule has 0 fully saturated rings. The maximum atomic E-state index is 11.0. The van der Waals surface area contributed by atoms with Crippen molar-refractivity contribution in [2.75, 3.05) is 6.61 Å². The van der Waals surface area contributed by atoms with Gasteiger partial charge < -0.3 is 16.2 Å². The van der Waals surface area contributed by atoms with E-state index in [4.69, 9.17) is 16.2 Å². The Kier molecular flexibility index (Phi) is 3.49. The molecule has 0 atom stereocenters. The normalized spacial score (nSPS) is 9.14. The Bertz CT molecular complexity index is 331. The molecular weight excluding hydrogens is 182 g/mol. The van der Waals surface area contributed by atoms with Crippen molar-refractivity contribution in [1.29, 1.82) is 0 Å². The number of guanidine groups is 1. The molecule has 74 valence electrons. The molecule has 0 aliphatic rings. The average molecular weight is 193 g/mol. The third kappa shape index (κ3) is 3.57. The highest BCUT2D eigenvalue weighted by atomic mass is 16.5. The van der Waals surface area contributed by atoms with Gasteiger partial charge in [0.15, 0.2) is 12.6 Å². The van der Waals surface area contributed by atoms with E-state index in [9.17, 15) is 4.79 Å². The van der Waals surface area contributed by atoms with Gasteiger partial charge in [-0.2, -0.15) is 4.99 Å². The van der Waals surface area contributed by atoms with Gasteiger partial charge in [0.2, 0.25) is 0 Å². The lowest BCUT2D eigenvalue weighted by atomic mass is 10.3. The van der Waals surface area contributed by atoms with Crippen molar-refractivity contribution in [3.8, 4) is 5.75 Å². The number of ether oxygens (including phenoxy) is 1. The number of para-hydroxylation sites is 1. The molecule has 0 aliphatic heterocycles. The van der Waals surface area contributed by atoms with Crippen LogP contribution in [0.4, 0.5) is 0 Å². The number of rotatable bonds is 3. The van der Waals surface area contributed by atoms with Crippen LogP contribution in [0.2, 0.25) is 0 Å². The van der Waals surface area contributed by atoms with Crippen molar-refractivity contribution in [2.24, 2.45) is 16.5 Å². The number of hydrogen-bond acceptors (Lipinski definition) is 2. The Hall–Kier alpha value is -2.04. The van der Waals surface area contributed by atoms with Crippen LogP contribution in [0.15, 0.2) is 35.3 Å². The summed E-state index contributed by atoms with van der Waals surface area (Å²) in [6, 6.07) is 8.94. The second kappa shape index (κ2) is 4.86. The van der Waals surface area contributed by atoms with Crippen LogP contribution in [0.25, 0.3) is 0 Å². The number of benzene rings is 1. The van der Waals surface area contributed by atoms with Gasteiger partial charge in [-0.1, -0.05) is 18.2 Å². The average Bonchev–Trinajstić information content (AvgIpc) is 2.15. The van der Waals surface area contributed by atoms with Crippen LogP contribution in [0.1, 0.15) is 0 Å². The van der Waals surface area contributed by atoms with Gasteiger partial charge in [0.05, 0.1) is 0 Å². The van der Waals surface area contributed by atoms with E-state index in [0.29, 0.717) is 5.75 Å². The van der Waals surface area contributed by atoms with Crippen LogP contribution in [0.5, 0.6) is 5.75 Å². The number of carbonyl (C=O) groups is 1. The summed E-state index contributed by atoms with van der Waals surface area (Å²) in [4.78, 5) is 14.3. The van der Waals surface area contributed by atoms with Crippen LogP contribution in [-0.2, 0) is 4.79 Å². The summed E-state index contributed by atoms with van der Waals surface area (Å²) in [6.07, 6.45) is 0. The number of amides is 1. The summed E-state index contributed by atoms with van der Waals surface area (Å²) in [5, 5.41) is 0. The van der Waals surface area contributed by atoms with E-state index in [2.05, 4.69) is 4.99 Å². The molecule has 0 aromatic heterocycles. The predicted molar refractivity (Wildman–Crippen MR) is 52.8 cm³/mol. The topological polar surface area (TPSA) is 90.7 Å². The van der Waals surface area contributed by atoms with E-state index in [1.165, 1.54) is 0 Å². The highest BCUT2D eigenvalue weighted by Gasteiger charge is 2.00. The van der Waals surface area contributed by atoms with Crippen molar-refractivity contribution in [3.05, 3.63) is 30.3 Å². The first-order chi connectivity index (χ1) is 6.68. The van der Waals surface area contributed by atoms with Gasteiger partial charge in [0, 0.05) is 0 Å². The molecular formula is C9H11N3O2. The lowest BCUT2D eigenvalue weighted by molar-refractivity contribution is -0.119.